The molecule has 0 spiro atoms. The van der Waals surface area contributed by atoms with Gasteiger partial charge in [-0.3, -0.25) is 0 Å². The number of nitrogens with zero attached hydrogens (tertiary/aromatic N) is 2. The van der Waals surface area contributed by atoms with Crippen LogP contribution in [0.3, 0.4) is 0 Å². The predicted molar refractivity (Wildman–Crippen MR) is 39.4 cm³/mol. The molecule has 0 fully saturated rings. The number of nitrogen functional groups attached to an aromatic ring is 1. The first-order valence-corrected chi connectivity index (χ1v) is 3.25. The van der Waals surface area contributed by atoms with Crippen molar-refractivity contribution in [1.29, 1.82) is 0 Å². The van der Waals surface area contributed by atoms with Crippen LogP contribution < -0.4 is 11.3 Å². The number of hydrogen-bond acceptors (Lipinski definition) is 4. The Morgan fingerprint density at radius 3 is 2.70 bits per heavy atom. The van der Waals surface area contributed by atoms with Gasteiger partial charge in [0.05, 0.1) is 11.6 Å². The summed E-state index contributed by atoms with van der Waals surface area (Å²) in [4.78, 5) is 0. The lowest BCUT2D eigenvalue weighted by molar-refractivity contribution is 0.965. The average Bonchev–Trinajstić information content (AvgIpc) is 2.05. The van der Waals surface area contributed by atoms with Crippen LogP contribution in [-0.2, 0) is 5.88 Å². The molecule has 0 aromatic carbocycles. The molecule has 54 valence electrons. The fourth-order valence-electron chi connectivity index (χ4n) is 0.508. The van der Waals surface area contributed by atoms with E-state index in [0.717, 1.165) is 5.69 Å². The van der Waals surface area contributed by atoms with E-state index in [0.29, 0.717) is 11.7 Å². The normalized spacial score (nSPS) is 9.40. The summed E-state index contributed by atoms with van der Waals surface area (Å²) in [5.41, 5.74) is 3.10. The maximum absolute atomic E-state index is 5.47. The molecule has 1 heterocycles. The van der Waals surface area contributed by atoms with Crippen molar-refractivity contribution in [3.05, 3.63) is 17.8 Å². The zero-order chi connectivity index (χ0) is 7.40. The summed E-state index contributed by atoms with van der Waals surface area (Å²) in [5.74, 6) is 5.96. The molecule has 0 aliphatic heterocycles. The van der Waals surface area contributed by atoms with Crippen molar-refractivity contribution >= 4 is 17.4 Å². The highest BCUT2D eigenvalue weighted by atomic mass is 35.5. The van der Waals surface area contributed by atoms with E-state index in [1.807, 2.05) is 0 Å². The monoisotopic (exact) mass is 158 g/mol. The van der Waals surface area contributed by atoms with E-state index in [9.17, 15) is 0 Å². The zero-order valence-corrected chi connectivity index (χ0v) is 5.97. The van der Waals surface area contributed by atoms with Gasteiger partial charge in [0.2, 0.25) is 0 Å². The Hall–Kier alpha value is -0.870. The average molecular weight is 159 g/mol. The summed E-state index contributed by atoms with van der Waals surface area (Å²) in [5, 5.41) is 7.44. The van der Waals surface area contributed by atoms with E-state index in [1.165, 1.54) is 0 Å². The third kappa shape index (κ3) is 1.55. The Bertz CT molecular complexity index is 174. The van der Waals surface area contributed by atoms with E-state index < -0.39 is 0 Å². The van der Waals surface area contributed by atoms with Gasteiger partial charge in [-0.2, -0.15) is 5.10 Å². The highest BCUT2D eigenvalue weighted by Gasteiger charge is 1.92. The van der Waals surface area contributed by atoms with Crippen LogP contribution in [-0.4, -0.2) is 10.2 Å². The zero-order valence-electron chi connectivity index (χ0n) is 5.21. The van der Waals surface area contributed by atoms with E-state index in [-0.39, 0.29) is 0 Å². The van der Waals surface area contributed by atoms with Crippen LogP contribution in [0.25, 0.3) is 0 Å². The first-order chi connectivity index (χ1) is 4.86. The van der Waals surface area contributed by atoms with Gasteiger partial charge in [0.25, 0.3) is 0 Å². The molecule has 5 heteroatoms. The van der Waals surface area contributed by atoms with Crippen LogP contribution in [0.5, 0.6) is 0 Å². The second-order valence-electron chi connectivity index (χ2n) is 1.69. The summed E-state index contributed by atoms with van der Waals surface area (Å²) in [6.45, 7) is 0. The highest BCUT2D eigenvalue weighted by molar-refractivity contribution is 6.16. The van der Waals surface area contributed by atoms with Gasteiger partial charge in [-0.25, -0.2) is 5.84 Å². The number of hydrazine groups is 1. The van der Waals surface area contributed by atoms with Crippen molar-refractivity contribution in [2.24, 2.45) is 5.84 Å². The number of aromatic nitrogens is 2. The molecule has 4 nitrogen and oxygen atoms in total. The van der Waals surface area contributed by atoms with Crippen LogP contribution in [0.2, 0.25) is 0 Å². The van der Waals surface area contributed by atoms with E-state index in [4.69, 9.17) is 17.4 Å². The molecule has 1 aromatic heterocycles. The fraction of sp³-hybridized carbons (Fsp3) is 0.200. The van der Waals surface area contributed by atoms with E-state index in [2.05, 4.69) is 15.6 Å². The molecule has 0 amide bonds. The van der Waals surface area contributed by atoms with Gasteiger partial charge in [-0.05, 0) is 12.1 Å². The number of alkyl halides is 1. The van der Waals surface area contributed by atoms with Gasteiger partial charge < -0.3 is 5.43 Å². The Morgan fingerprint density at radius 2 is 2.30 bits per heavy atom. The van der Waals surface area contributed by atoms with Gasteiger partial charge in [0, 0.05) is 0 Å². The van der Waals surface area contributed by atoms with Crippen LogP contribution in [0, 0.1) is 0 Å². The SMILES string of the molecule is NNc1ccc(CCl)nn1. The van der Waals surface area contributed by atoms with Crippen molar-refractivity contribution in [2.75, 3.05) is 5.43 Å². The maximum Gasteiger partial charge on any atom is 0.162 e. The summed E-state index contributed by atoms with van der Waals surface area (Å²) in [7, 11) is 0. The summed E-state index contributed by atoms with van der Waals surface area (Å²) in [6.07, 6.45) is 0. The molecule has 10 heavy (non-hydrogen) atoms. The van der Waals surface area contributed by atoms with Gasteiger partial charge >= 0.3 is 0 Å². The molecular weight excluding hydrogens is 152 g/mol. The van der Waals surface area contributed by atoms with Crippen molar-refractivity contribution in [3.8, 4) is 0 Å². The highest BCUT2D eigenvalue weighted by Crippen LogP contribution is 2.01. The molecule has 0 radical (unpaired) electrons. The Balaban J connectivity index is 2.80. The molecule has 0 aliphatic rings. The summed E-state index contributed by atoms with van der Waals surface area (Å²) < 4.78 is 0. The molecule has 0 saturated heterocycles. The van der Waals surface area contributed by atoms with E-state index >= 15 is 0 Å². The Kier molecular flexibility index (Phi) is 2.42. The van der Waals surface area contributed by atoms with Crippen LogP contribution in [0.4, 0.5) is 5.82 Å². The number of halogens is 1. The first kappa shape index (κ1) is 7.24. The molecule has 0 bridgehead atoms. The molecule has 1 aromatic rings. The minimum absolute atomic E-state index is 0.373. The fourth-order valence-corrected chi connectivity index (χ4v) is 0.651. The number of nitrogens with one attached hydrogen (secondary N) is 1. The third-order valence-electron chi connectivity index (χ3n) is 1.00. The second-order valence-corrected chi connectivity index (χ2v) is 1.96. The quantitative estimate of drug-likeness (QED) is 0.374. The second kappa shape index (κ2) is 3.34. The predicted octanol–water partition coefficient (Wildman–Crippen LogP) is 0.501. The number of nitrogens with two attached hydrogens (primary N) is 1. The Labute approximate surface area is 63.4 Å². The molecular formula is C5H7ClN4. The lowest BCUT2D eigenvalue weighted by Crippen LogP contribution is -2.09. The third-order valence-corrected chi connectivity index (χ3v) is 1.28. The van der Waals surface area contributed by atoms with Gasteiger partial charge in [0.15, 0.2) is 5.82 Å². The smallest absolute Gasteiger partial charge is 0.162 e. The van der Waals surface area contributed by atoms with Crippen molar-refractivity contribution in [2.45, 2.75) is 5.88 Å². The number of hydrogen-bond donors (Lipinski definition) is 2. The van der Waals surface area contributed by atoms with Crippen LogP contribution in [0.15, 0.2) is 12.1 Å². The van der Waals surface area contributed by atoms with Crippen molar-refractivity contribution in [1.82, 2.24) is 10.2 Å². The van der Waals surface area contributed by atoms with E-state index in [1.54, 1.807) is 12.1 Å². The standard InChI is InChI=1S/C5H7ClN4/c6-3-4-1-2-5(8-7)10-9-4/h1-2H,3,7H2,(H,8,10). The Morgan fingerprint density at radius 1 is 1.50 bits per heavy atom. The summed E-state index contributed by atoms with van der Waals surface area (Å²) in [6, 6.07) is 3.47. The summed E-state index contributed by atoms with van der Waals surface area (Å²) >= 11 is 5.47. The van der Waals surface area contributed by atoms with Crippen LogP contribution >= 0.6 is 11.6 Å². The van der Waals surface area contributed by atoms with Crippen molar-refractivity contribution in [3.63, 3.8) is 0 Å². The number of rotatable bonds is 2. The molecule has 3 N–H and O–H groups in total. The lowest BCUT2D eigenvalue weighted by Gasteiger charge is -1.96. The number of anilines is 1. The maximum atomic E-state index is 5.47. The van der Waals surface area contributed by atoms with Crippen molar-refractivity contribution < 1.29 is 0 Å². The molecule has 0 unspecified atom stereocenters. The molecule has 0 saturated carbocycles. The molecule has 0 atom stereocenters. The minimum atomic E-state index is 0.373. The van der Waals surface area contributed by atoms with Crippen LogP contribution in [0.1, 0.15) is 5.69 Å². The van der Waals surface area contributed by atoms with Gasteiger partial charge in [0.1, 0.15) is 0 Å². The molecule has 1 rings (SSSR count). The minimum Gasteiger partial charge on any atom is -0.307 e. The first-order valence-electron chi connectivity index (χ1n) is 2.72. The largest absolute Gasteiger partial charge is 0.307 e. The van der Waals surface area contributed by atoms with Gasteiger partial charge in [-0.15, -0.1) is 16.7 Å². The molecule has 0 aliphatic carbocycles. The van der Waals surface area contributed by atoms with Gasteiger partial charge in [-0.1, -0.05) is 0 Å². The lowest BCUT2D eigenvalue weighted by atomic mass is 10.4. The topological polar surface area (TPSA) is 63.8 Å².